The maximum atomic E-state index is 12.3. The molecule has 0 aliphatic carbocycles. The third-order valence-corrected chi connectivity index (χ3v) is 4.56. The van der Waals surface area contributed by atoms with Gasteiger partial charge in [-0.1, -0.05) is 0 Å². The Balaban J connectivity index is 1.96. The van der Waals surface area contributed by atoms with E-state index in [1.807, 2.05) is 25.7 Å². The summed E-state index contributed by atoms with van der Waals surface area (Å²) in [5, 5.41) is 0. The van der Waals surface area contributed by atoms with Crippen LogP contribution in [0.2, 0.25) is 0 Å². The standard InChI is InChI=1S/C17H30N2O4/c1-17(2,3)23-16(21)18-10-8-13(11-18)14-7-5-6-9-19(14)15(20)12-22-4/h13-14H,5-12H2,1-4H3/t13-,14+/m0/s1. The molecule has 0 N–H and O–H groups in total. The zero-order valence-electron chi connectivity index (χ0n) is 14.8. The highest BCUT2D eigenvalue weighted by atomic mass is 16.6. The van der Waals surface area contributed by atoms with Crippen LogP contribution in [0.5, 0.6) is 0 Å². The van der Waals surface area contributed by atoms with Crippen molar-refractivity contribution in [2.24, 2.45) is 5.92 Å². The van der Waals surface area contributed by atoms with Crippen LogP contribution >= 0.6 is 0 Å². The highest BCUT2D eigenvalue weighted by Gasteiger charge is 2.38. The number of carbonyl (C=O) groups is 2. The number of hydrogen-bond donors (Lipinski definition) is 0. The largest absolute Gasteiger partial charge is 0.444 e. The molecule has 2 amide bonds. The van der Waals surface area contributed by atoms with Crippen molar-refractivity contribution in [1.29, 1.82) is 0 Å². The number of ether oxygens (including phenoxy) is 2. The zero-order chi connectivity index (χ0) is 17.0. The molecule has 2 rings (SSSR count). The monoisotopic (exact) mass is 326 g/mol. The lowest BCUT2D eigenvalue weighted by Gasteiger charge is -2.39. The normalized spacial score (nSPS) is 25.6. The van der Waals surface area contributed by atoms with Crippen LogP contribution in [0.25, 0.3) is 0 Å². The molecule has 2 aliphatic rings. The lowest BCUT2D eigenvalue weighted by atomic mass is 9.89. The van der Waals surface area contributed by atoms with E-state index >= 15 is 0 Å². The lowest BCUT2D eigenvalue weighted by molar-refractivity contribution is -0.140. The van der Waals surface area contributed by atoms with Crippen molar-refractivity contribution in [1.82, 2.24) is 9.80 Å². The quantitative estimate of drug-likeness (QED) is 0.798. The average Bonchev–Trinajstić information content (AvgIpc) is 2.95. The smallest absolute Gasteiger partial charge is 0.410 e. The van der Waals surface area contributed by atoms with E-state index in [1.54, 1.807) is 12.0 Å². The lowest BCUT2D eigenvalue weighted by Crippen LogP contribution is -2.49. The molecule has 0 unspecified atom stereocenters. The van der Waals surface area contributed by atoms with Crippen LogP contribution in [0.3, 0.4) is 0 Å². The van der Waals surface area contributed by atoms with E-state index in [-0.39, 0.29) is 24.6 Å². The van der Waals surface area contributed by atoms with Crippen LogP contribution in [0, 0.1) is 5.92 Å². The van der Waals surface area contributed by atoms with E-state index in [2.05, 4.69) is 0 Å². The Hall–Kier alpha value is -1.30. The maximum absolute atomic E-state index is 12.3. The number of carbonyl (C=O) groups excluding carboxylic acids is 2. The molecular formula is C17H30N2O4. The first-order chi connectivity index (χ1) is 10.8. The van der Waals surface area contributed by atoms with Crippen molar-refractivity contribution < 1.29 is 19.1 Å². The Bertz CT molecular complexity index is 433. The van der Waals surface area contributed by atoms with E-state index in [9.17, 15) is 9.59 Å². The van der Waals surface area contributed by atoms with Gasteiger partial charge in [0.05, 0.1) is 0 Å². The zero-order valence-corrected chi connectivity index (χ0v) is 14.8. The van der Waals surface area contributed by atoms with Gasteiger partial charge in [-0.25, -0.2) is 4.79 Å². The molecule has 0 radical (unpaired) electrons. The van der Waals surface area contributed by atoms with Crippen LogP contribution in [0.4, 0.5) is 4.79 Å². The molecule has 132 valence electrons. The number of amides is 2. The van der Waals surface area contributed by atoms with Crippen LogP contribution in [-0.4, -0.2) is 66.8 Å². The predicted octanol–water partition coefficient (Wildman–Crippen LogP) is 2.27. The summed E-state index contributed by atoms with van der Waals surface area (Å²) in [7, 11) is 1.55. The van der Waals surface area contributed by atoms with Crippen LogP contribution in [0.15, 0.2) is 0 Å². The number of rotatable bonds is 3. The Labute approximate surface area is 139 Å². The van der Waals surface area contributed by atoms with Crippen molar-refractivity contribution >= 4 is 12.0 Å². The van der Waals surface area contributed by atoms with Crippen LogP contribution in [-0.2, 0) is 14.3 Å². The Kier molecular flexibility index (Phi) is 5.89. The minimum absolute atomic E-state index is 0.0629. The molecule has 0 aromatic rings. The fourth-order valence-electron chi connectivity index (χ4n) is 3.56. The van der Waals surface area contributed by atoms with Gasteiger partial charge in [-0.15, -0.1) is 0 Å². The van der Waals surface area contributed by atoms with Crippen LogP contribution in [0.1, 0.15) is 46.5 Å². The van der Waals surface area contributed by atoms with E-state index in [0.717, 1.165) is 32.2 Å². The summed E-state index contributed by atoms with van der Waals surface area (Å²) < 4.78 is 10.5. The van der Waals surface area contributed by atoms with Crippen molar-refractivity contribution in [3.05, 3.63) is 0 Å². The fraction of sp³-hybridized carbons (Fsp3) is 0.882. The molecule has 0 saturated carbocycles. The number of piperidine rings is 1. The summed E-state index contributed by atoms with van der Waals surface area (Å²) in [6, 6.07) is 0.221. The summed E-state index contributed by atoms with van der Waals surface area (Å²) >= 11 is 0. The molecule has 2 aliphatic heterocycles. The first kappa shape index (κ1) is 18.0. The fourth-order valence-corrected chi connectivity index (χ4v) is 3.56. The average molecular weight is 326 g/mol. The molecule has 23 heavy (non-hydrogen) atoms. The van der Waals surface area contributed by atoms with E-state index in [4.69, 9.17) is 9.47 Å². The predicted molar refractivity (Wildman–Crippen MR) is 87.1 cm³/mol. The first-order valence-corrected chi connectivity index (χ1v) is 8.58. The Morgan fingerprint density at radius 1 is 1.13 bits per heavy atom. The molecule has 2 fully saturated rings. The maximum Gasteiger partial charge on any atom is 0.410 e. The molecule has 0 spiro atoms. The Morgan fingerprint density at radius 3 is 2.52 bits per heavy atom. The summed E-state index contributed by atoms with van der Waals surface area (Å²) in [4.78, 5) is 28.2. The van der Waals surface area contributed by atoms with Gasteiger partial charge in [-0.3, -0.25) is 4.79 Å². The molecule has 0 aromatic carbocycles. The number of hydrogen-bond acceptors (Lipinski definition) is 4. The molecule has 2 atom stereocenters. The third-order valence-electron chi connectivity index (χ3n) is 4.56. The van der Waals surface area contributed by atoms with E-state index < -0.39 is 5.60 Å². The highest BCUT2D eigenvalue weighted by molar-refractivity contribution is 5.78. The molecule has 2 heterocycles. The summed E-state index contributed by atoms with van der Waals surface area (Å²) in [5.74, 6) is 0.400. The highest BCUT2D eigenvalue weighted by Crippen LogP contribution is 2.30. The summed E-state index contributed by atoms with van der Waals surface area (Å²) in [5.41, 5.74) is -0.472. The second-order valence-corrected chi connectivity index (χ2v) is 7.56. The topological polar surface area (TPSA) is 59.1 Å². The summed E-state index contributed by atoms with van der Waals surface area (Å²) in [6.45, 7) is 7.97. The molecular weight excluding hydrogens is 296 g/mol. The van der Waals surface area contributed by atoms with E-state index in [1.165, 1.54) is 0 Å². The second-order valence-electron chi connectivity index (χ2n) is 7.56. The van der Waals surface area contributed by atoms with Crippen molar-refractivity contribution in [2.75, 3.05) is 33.4 Å². The van der Waals surface area contributed by atoms with Gasteiger partial charge in [-0.05, 0) is 52.4 Å². The van der Waals surface area contributed by atoms with Gasteiger partial charge < -0.3 is 19.3 Å². The molecule has 6 nitrogen and oxygen atoms in total. The van der Waals surface area contributed by atoms with Gasteiger partial charge in [0.1, 0.15) is 12.2 Å². The van der Waals surface area contributed by atoms with Gasteiger partial charge >= 0.3 is 6.09 Å². The van der Waals surface area contributed by atoms with E-state index in [0.29, 0.717) is 19.0 Å². The molecule has 0 bridgehead atoms. The van der Waals surface area contributed by atoms with Gasteiger partial charge in [0.2, 0.25) is 5.91 Å². The molecule has 0 aromatic heterocycles. The van der Waals surface area contributed by atoms with Crippen molar-refractivity contribution in [3.8, 4) is 0 Å². The van der Waals surface area contributed by atoms with Gasteiger partial charge in [0, 0.05) is 32.8 Å². The summed E-state index contributed by atoms with van der Waals surface area (Å²) in [6.07, 6.45) is 3.90. The molecule has 2 saturated heterocycles. The first-order valence-electron chi connectivity index (χ1n) is 8.58. The third kappa shape index (κ3) is 4.83. The SMILES string of the molecule is COCC(=O)N1CCCC[C@@H]1[C@H]1CCN(C(=O)OC(C)(C)C)C1. The number of methoxy groups -OCH3 is 1. The Morgan fingerprint density at radius 2 is 1.87 bits per heavy atom. The van der Waals surface area contributed by atoms with Gasteiger partial charge in [0.25, 0.3) is 0 Å². The van der Waals surface area contributed by atoms with Crippen molar-refractivity contribution in [3.63, 3.8) is 0 Å². The van der Waals surface area contributed by atoms with Gasteiger partial charge in [-0.2, -0.15) is 0 Å². The second kappa shape index (κ2) is 7.51. The number of likely N-dealkylation sites (tertiary alicyclic amines) is 2. The van der Waals surface area contributed by atoms with Gasteiger partial charge in [0.15, 0.2) is 0 Å². The molecule has 6 heteroatoms. The van der Waals surface area contributed by atoms with Crippen LogP contribution < -0.4 is 0 Å². The van der Waals surface area contributed by atoms with Crippen molar-refractivity contribution in [2.45, 2.75) is 58.1 Å². The minimum Gasteiger partial charge on any atom is -0.444 e. The minimum atomic E-state index is -0.472. The number of nitrogens with zero attached hydrogens (tertiary/aromatic N) is 2.